The summed E-state index contributed by atoms with van der Waals surface area (Å²) in [6, 6.07) is 5.16. The molecule has 1 fully saturated rings. The topological polar surface area (TPSA) is 49.3 Å². The lowest BCUT2D eigenvalue weighted by molar-refractivity contribution is 0.0888. The van der Waals surface area contributed by atoms with E-state index in [0.717, 1.165) is 17.3 Å². The van der Waals surface area contributed by atoms with Gasteiger partial charge in [0.1, 0.15) is 5.75 Å². The molecule has 0 heterocycles. The zero-order valence-electron chi connectivity index (χ0n) is 11.3. The molecular weight excluding hydrogens is 306 g/mol. The van der Waals surface area contributed by atoms with Crippen molar-refractivity contribution in [2.75, 3.05) is 0 Å². The van der Waals surface area contributed by atoms with Gasteiger partial charge >= 0.3 is 0 Å². The van der Waals surface area contributed by atoms with Crippen LogP contribution in [-0.2, 0) is 0 Å². The van der Waals surface area contributed by atoms with Crippen molar-refractivity contribution in [3.8, 4) is 5.75 Å². The third kappa shape index (κ3) is 3.30. The Kier molecular flexibility index (Phi) is 4.50. The summed E-state index contributed by atoms with van der Waals surface area (Å²) < 4.78 is 0.765. The van der Waals surface area contributed by atoms with Crippen molar-refractivity contribution in [1.82, 2.24) is 5.32 Å². The van der Waals surface area contributed by atoms with E-state index in [1.807, 2.05) is 0 Å². The number of hydrogen-bond donors (Lipinski definition) is 2. The highest BCUT2D eigenvalue weighted by Gasteiger charge is 2.28. The van der Waals surface area contributed by atoms with Crippen LogP contribution in [0, 0.1) is 11.8 Å². The van der Waals surface area contributed by atoms with Gasteiger partial charge in [-0.1, -0.05) is 42.6 Å². The average molecular weight is 326 g/mol. The number of phenolic OH excluding ortho intramolecular Hbond substituents is 1. The first-order chi connectivity index (χ1) is 8.99. The molecule has 1 saturated carbocycles. The van der Waals surface area contributed by atoms with Gasteiger partial charge in [-0.15, -0.1) is 0 Å². The van der Waals surface area contributed by atoms with Gasteiger partial charge in [0.05, 0.1) is 5.56 Å². The molecule has 0 saturated heterocycles. The molecule has 104 valence electrons. The van der Waals surface area contributed by atoms with E-state index < -0.39 is 0 Å². The van der Waals surface area contributed by atoms with Crippen molar-refractivity contribution in [3.05, 3.63) is 28.2 Å². The molecule has 1 aromatic rings. The molecule has 3 nitrogen and oxygen atoms in total. The number of carbonyl (C=O) groups is 1. The lowest BCUT2D eigenvalue weighted by atomic mass is 9.78. The maximum absolute atomic E-state index is 12.2. The minimum Gasteiger partial charge on any atom is -0.507 e. The summed E-state index contributed by atoms with van der Waals surface area (Å²) in [6.07, 6.45) is 3.41. The molecule has 1 aliphatic carbocycles. The number of aromatic hydroxyl groups is 1. The maximum atomic E-state index is 12.2. The molecule has 0 aliphatic heterocycles. The standard InChI is InChI=1S/C15H20BrNO2/c1-9-4-3-5-13(10(9)2)17-15(19)12-7-6-11(16)8-14(12)18/h6-10,13,18H,3-5H2,1-2H3,(H,17,19). The highest BCUT2D eigenvalue weighted by Crippen LogP contribution is 2.30. The van der Waals surface area contributed by atoms with Gasteiger partial charge in [0.25, 0.3) is 5.91 Å². The molecule has 1 aromatic carbocycles. The predicted molar refractivity (Wildman–Crippen MR) is 79.2 cm³/mol. The highest BCUT2D eigenvalue weighted by molar-refractivity contribution is 9.10. The van der Waals surface area contributed by atoms with Crippen molar-refractivity contribution in [3.63, 3.8) is 0 Å². The fraction of sp³-hybridized carbons (Fsp3) is 0.533. The van der Waals surface area contributed by atoms with Crippen LogP contribution in [0.4, 0.5) is 0 Å². The quantitative estimate of drug-likeness (QED) is 0.870. The normalized spacial score (nSPS) is 27.0. The summed E-state index contributed by atoms with van der Waals surface area (Å²) in [5.41, 5.74) is 0.341. The third-order valence-electron chi connectivity index (χ3n) is 4.23. The number of halogens is 1. The summed E-state index contributed by atoms with van der Waals surface area (Å²) in [5, 5.41) is 12.9. The molecule has 0 spiro atoms. The molecular formula is C15H20BrNO2. The minimum atomic E-state index is -0.184. The molecule has 4 heteroatoms. The first-order valence-corrected chi connectivity index (χ1v) is 7.57. The Morgan fingerprint density at radius 3 is 2.79 bits per heavy atom. The SMILES string of the molecule is CC1CCCC(NC(=O)c2ccc(Br)cc2O)C1C. The van der Waals surface area contributed by atoms with Crippen molar-refractivity contribution in [1.29, 1.82) is 0 Å². The second-order valence-corrected chi connectivity index (χ2v) is 6.42. The van der Waals surface area contributed by atoms with E-state index in [-0.39, 0.29) is 17.7 Å². The van der Waals surface area contributed by atoms with E-state index in [1.54, 1.807) is 18.2 Å². The van der Waals surface area contributed by atoms with Crippen molar-refractivity contribution in [2.45, 2.75) is 39.2 Å². The molecule has 3 atom stereocenters. The molecule has 1 aliphatic rings. The predicted octanol–water partition coefficient (Wildman–Crippen LogP) is 3.71. The molecule has 2 N–H and O–H groups in total. The molecule has 19 heavy (non-hydrogen) atoms. The van der Waals surface area contributed by atoms with E-state index in [9.17, 15) is 9.90 Å². The Labute approximate surface area is 122 Å². The number of phenols is 1. The average Bonchev–Trinajstić information content (AvgIpc) is 2.34. The first kappa shape index (κ1) is 14.4. The zero-order valence-corrected chi connectivity index (χ0v) is 12.9. The minimum absolute atomic E-state index is 0.0170. The second-order valence-electron chi connectivity index (χ2n) is 5.51. The Morgan fingerprint density at radius 1 is 1.37 bits per heavy atom. The van der Waals surface area contributed by atoms with Gasteiger partial charge in [0.2, 0.25) is 0 Å². The van der Waals surface area contributed by atoms with Crippen LogP contribution in [0.5, 0.6) is 5.75 Å². The van der Waals surface area contributed by atoms with Crippen LogP contribution in [0.2, 0.25) is 0 Å². The van der Waals surface area contributed by atoms with Gasteiger partial charge in [-0.3, -0.25) is 4.79 Å². The lowest BCUT2D eigenvalue weighted by Gasteiger charge is -2.34. The Hall–Kier alpha value is -1.03. The van der Waals surface area contributed by atoms with Crippen molar-refractivity contribution in [2.24, 2.45) is 11.8 Å². The summed E-state index contributed by atoms with van der Waals surface area (Å²) in [5.74, 6) is 0.951. The van der Waals surface area contributed by atoms with Crippen LogP contribution in [0.1, 0.15) is 43.5 Å². The number of nitrogens with one attached hydrogen (secondary N) is 1. The van der Waals surface area contributed by atoms with Crippen LogP contribution in [0.3, 0.4) is 0 Å². The summed E-state index contributed by atoms with van der Waals surface area (Å²) in [4.78, 5) is 12.2. The highest BCUT2D eigenvalue weighted by atomic mass is 79.9. The molecule has 0 bridgehead atoms. The third-order valence-corrected chi connectivity index (χ3v) is 4.72. The van der Waals surface area contributed by atoms with Gasteiger partial charge in [-0.05, 0) is 36.5 Å². The number of amides is 1. The Bertz CT molecular complexity index is 475. The molecule has 3 unspecified atom stereocenters. The van der Waals surface area contributed by atoms with E-state index >= 15 is 0 Å². The van der Waals surface area contributed by atoms with Crippen LogP contribution in [-0.4, -0.2) is 17.1 Å². The van der Waals surface area contributed by atoms with Crippen LogP contribution in [0.25, 0.3) is 0 Å². The fourth-order valence-electron chi connectivity index (χ4n) is 2.73. The van der Waals surface area contributed by atoms with Crippen molar-refractivity contribution >= 4 is 21.8 Å². The fourth-order valence-corrected chi connectivity index (χ4v) is 3.08. The van der Waals surface area contributed by atoms with E-state index in [1.165, 1.54) is 6.42 Å². The number of hydrogen-bond acceptors (Lipinski definition) is 2. The Balaban J connectivity index is 2.08. The van der Waals surface area contributed by atoms with Gasteiger partial charge in [-0.25, -0.2) is 0 Å². The van der Waals surface area contributed by atoms with E-state index in [2.05, 4.69) is 35.1 Å². The second kappa shape index (κ2) is 5.95. The number of rotatable bonds is 2. The molecule has 0 radical (unpaired) electrons. The lowest BCUT2D eigenvalue weighted by Crippen LogP contribution is -2.43. The maximum Gasteiger partial charge on any atom is 0.255 e. The van der Waals surface area contributed by atoms with Crippen molar-refractivity contribution < 1.29 is 9.90 Å². The Morgan fingerprint density at radius 2 is 2.11 bits per heavy atom. The molecule has 2 rings (SSSR count). The summed E-state index contributed by atoms with van der Waals surface area (Å²) in [6.45, 7) is 4.43. The summed E-state index contributed by atoms with van der Waals surface area (Å²) >= 11 is 3.27. The molecule has 0 aromatic heterocycles. The van der Waals surface area contributed by atoms with Gasteiger partial charge in [0, 0.05) is 10.5 Å². The van der Waals surface area contributed by atoms with Gasteiger partial charge in [0.15, 0.2) is 0 Å². The smallest absolute Gasteiger partial charge is 0.255 e. The number of carbonyl (C=O) groups excluding carboxylic acids is 1. The van der Waals surface area contributed by atoms with Crippen LogP contribution < -0.4 is 5.32 Å². The first-order valence-electron chi connectivity index (χ1n) is 6.78. The van der Waals surface area contributed by atoms with E-state index in [4.69, 9.17) is 0 Å². The van der Waals surface area contributed by atoms with Crippen LogP contribution in [0.15, 0.2) is 22.7 Å². The number of benzene rings is 1. The monoisotopic (exact) mass is 325 g/mol. The summed E-state index contributed by atoms with van der Waals surface area (Å²) in [7, 11) is 0. The van der Waals surface area contributed by atoms with Gasteiger partial charge < -0.3 is 10.4 Å². The van der Waals surface area contributed by atoms with Crippen LogP contribution >= 0.6 is 15.9 Å². The van der Waals surface area contributed by atoms with E-state index in [0.29, 0.717) is 17.4 Å². The zero-order chi connectivity index (χ0) is 14.0. The molecule has 1 amide bonds. The largest absolute Gasteiger partial charge is 0.507 e. The van der Waals surface area contributed by atoms with Gasteiger partial charge in [-0.2, -0.15) is 0 Å².